The lowest BCUT2D eigenvalue weighted by atomic mass is 10.1. The molecule has 0 unspecified atom stereocenters. The lowest BCUT2D eigenvalue weighted by Crippen LogP contribution is -2.33. The second-order valence-electron chi connectivity index (χ2n) is 5.60. The molecule has 6 heteroatoms. The van der Waals surface area contributed by atoms with E-state index in [0.29, 0.717) is 13.0 Å². The number of aromatic amines is 1. The van der Waals surface area contributed by atoms with Gasteiger partial charge in [-0.2, -0.15) is 0 Å². The number of hydrogen-bond acceptors (Lipinski definition) is 4. The highest BCUT2D eigenvalue weighted by atomic mass is 16.5. The van der Waals surface area contributed by atoms with Gasteiger partial charge in [-0.15, -0.1) is 0 Å². The Labute approximate surface area is 134 Å². The third-order valence-electron chi connectivity index (χ3n) is 4.12. The Hall–Kier alpha value is -2.63. The number of benzene rings is 1. The van der Waals surface area contributed by atoms with Gasteiger partial charge >= 0.3 is 5.69 Å². The molecule has 1 aliphatic heterocycles. The number of nitrogens with zero attached hydrogens (tertiary/aromatic N) is 2. The minimum absolute atomic E-state index is 0.0541. The number of nitrogens with one attached hydrogen (secondary N) is 1. The summed E-state index contributed by atoms with van der Waals surface area (Å²) in [6, 6.07) is 9.21. The van der Waals surface area contributed by atoms with Crippen LogP contribution in [-0.4, -0.2) is 34.4 Å². The van der Waals surface area contributed by atoms with E-state index < -0.39 is 0 Å². The van der Waals surface area contributed by atoms with Gasteiger partial charge in [-0.3, -0.25) is 4.79 Å². The van der Waals surface area contributed by atoms with Crippen LogP contribution < -0.4 is 10.4 Å². The van der Waals surface area contributed by atoms with Gasteiger partial charge in [0.1, 0.15) is 5.75 Å². The zero-order valence-electron chi connectivity index (χ0n) is 13.0. The maximum Gasteiger partial charge on any atom is 0.345 e. The fourth-order valence-corrected chi connectivity index (χ4v) is 3.02. The van der Waals surface area contributed by atoms with Gasteiger partial charge in [0.15, 0.2) is 0 Å². The minimum Gasteiger partial charge on any atom is -0.497 e. The SMILES string of the molecule is COc1cccc(CC(=O)N2CCC[C@H]2c2ccnc(=O)[nH]2)c1. The predicted molar refractivity (Wildman–Crippen MR) is 85.2 cm³/mol. The van der Waals surface area contributed by atoms with Gasteiger partial charge in [-0.1, -0.05) is 12.1 Å². The first-order chi connectivity index (χ1) is 11.2. The number of likely N-dealkylation sites (tertiary alicyclic amines) is 1. The Morgan fingerprint density at radius 1 is 1.43 bits per heavy atom. The van der Waals surface area contributed by atoms with Crippen molar-refractivity contribution < 1.29 is 9.53 Å². The van der Waals surface area contributed by atoms with Crippen LogP contribution >= 0.6 is 0 Å². The standard InChI is InChI=1S/C17H19N3O3/c1-23-13-5-2-4-12(10-13)11-16(21)20-9-3-6-15(20)14-7-8-18-17(22)19-14/h2,4-5,7-8,10,15H,3,6,9,11H2,1H3,(H,18,19,22)/t15-/m0/s1. The average molecular weight is 313 g/mol. The molecule has 23 heavy (non-hydrogen) atoms. The Morgan fingerprint density at radius 3 is 3.09 bits per heavy atom. The number of aromatic nitrogens is 2. The molecule has 120 valence electrons. The van der Waals surface area contributed by atoms with Crippen LogP contribution in [0.15, 0.2) is 41.3 Å². The van der Waals surface area contributed by atoms with E-state index in [1.165, 1.54) is 6.20 Å². The number of ether oxygens (including phenoxy) is 1. The number of carbonyl (C=O) groups excluding carboxylic acids is 1. The second kappa shape index (κ2) is 6.64. The molecule has 0 bridgehead atoms. The van der Waals surface area contributed by atoms with Crippen molar-refractivity contribution in [2.45, 2.75) is 25.3 Å². The molecule has 0 saturated carbocycles. The topological polar surface area (TPSA) is 75.3 Å². The zero-order valence-corrected chi connectivity index (χ0v) is 13.0. The van der Waals surface area contributed by atoms with Crippen LogP contribution in [0.4, 0.5) is 0 Å². The zero-order chi connectivity index (χ0) is 16.2. The molecule has 6 nitrogen and oxygen atoms in total. The molecule has 1 amide bonds. The summed E-state index contributed by atoms with van der Waals surface area (Å²) < 4.78 is 5.19. The predicted octanol–water partition coefficient (Wildman–Crippen LogP) is 1.68. The Balaban J connectivity index is 1.76. The quantitative estimate of drug-likeness (QED) is 0.932. The van der Waals surface area contributed by atoms with Crippen molar-refractivity contribution in [3.8, 4) is 5.75 Å². The molecule has 2 aromatic rings. The summed E-state index contributed by atoms with van der Waals surface area (Å²) in [5, 5.41) is 0. The van der Waals surface area contributed by atoms with E-state index in [2.05, 4.69) is 9.97 Å². The van der Waals surface area contributed by atoms with E-state index in [4.69, 9.17) is 4.74 Å². The summed E-state index contributed by atoms with van der Waals surface area (Å²) in [5.74, 6) is 0.796. The normalized spacial score (nSPS) is 17.3. The monoisotopic (exact) mass is 313 g/mol. The van der Waals surface area contributed by atoms with Gasteiger partial charge in [0.25, 0.3) is 0 Å². The number of methoxy groups -OCH3 is 1. The molecule has 2 heterocycles. The van der Waals surface area contributed by atoms with E-state index in [1.807, 2.05) is 29.2 Å². The van der Waals surface area contributed by atoms with Crippen molar-refractivity contribution >= 4 is 5.91 Å². The third kappa shape index (κ3) is 3.41. The first-order valence-corrected chi connectivity index (χ1v) is 7.65. The molecule has 1 saturated heterocycles. The fraction of sp³-hybridized carbons (Fsp3) is 0.353. The Morgan fingerprint density at radius 2 is 2.30 bits per heavy atom. The van der Waals surface area contributed by atoms with Crippen LogP contribution in [0.25, 0.3) is 0 Å². The molecule has 0 spiro atoms. The largest absolute Gasteiger partial charge is 0.497 e. The van der Waals surface area contributed by atoms with Gasteiger partial charge in [0, 0.05) is 18.4 Å². The number of H-pyrrole nitrogens is 1. The van der Waals surface area contributed by atoms with E-state index in [1.54, 1.807) is 13.2 Å². The molecule has 1 aromatic heterocycles. The summed E-state index contributed by atoms with van der Waals surface area (Å²) >= 11 is 0. The molecule has 1 aromatic carbocycles. The van der Waals surface area contributed by atoms with Gasteiger partial charge in [-0.05, 0) is 36.6 Å². The minimum atomic E-state index is -0.380. The highest BCUT2D eigenvalue weighted by Crippen LogP contribution is 2.30. The van der Waals surface area contributed by atoms with Crippen molar-refractivity contribution in [1.29, 1.82) is 0 Å². The number of hydrogen-bond donors (Lipinski definition) is 1. The summed E-state index contributed by atoms with van der Waals surface area (Å²) in [7, 11) is 1.61. The number of carbonyl (C=O) groups is 1. The smallest absolute Gasteiger partial charge is 0.345 e. The first-order valence-electron chi connectivity index (χ1n) is 7.65. The summed E-state index contributed by atoms with van der Waals surface area (Å²) in [6.07, 6.45) is 3.59. The Kier molecular flexibility index (Phi) is 4.41. The van der Waals surface area contributed by atoms with E-state index in [9.17, 15) is 9.59 Å². The van der Waals surface area contributed by atoms with Crippen molar-refractivity contribution in [2.24, 2.45) is 0 Å². The molecular formula is C17H19N3O3. The lowest BCUT2D eigenvalue weighted by molar-refractivity contribution is -0.131. The fourth-order valence-electron chi connectivity index (χ4n) is 3.02. The highest BCUT2D eigenvalue weighted by Gasteiger charge is 2.30. The summed E-state index contributed by atoms with van der Waals surface area (Å²) in [6.45, 7) is 0.706. The molecular weight excluding hydrogens is 294 g/mol. The first kappa shape index (κ1) is 15.3. The van der Waals surface area contributed by atoms with Gasteiger partial charge in [0.2, 0.25) is 5.91 Å². The molecule has 1 aliphatic rings. The van der Waals surface area contributed by atoms with Gasteiger partial charge < -0.3 is 14.6 Å². The van der Waals surface area contributed by atoms with Crippen LogP contribution in [0.1, 0.15) is 30.1 Å². The van der Waals surface area contributed by atoms with Gasteiger partial charge in [0.05, 0.1) is 19.6 Å². The van der Waals surface area contributed by atoms with Crippen LogP contribution in [-0.2, 0) is 11.2 Å². The maximum absolute atomic E-state index is 12.7. The molecule has 1 atom stereocenters. The molecule has 1 fully saturated rings. The van der Waals surface area contributed by atoms with Crippen LogP contribution in [0.2, 0.25) is 0 Å². The van der Waals surface area contributed by atoms with Crippen LogP contribution in [0.3, 0.4) is 0 Å². The molecule has 0 aliphatic carbocycles. The lowest BCUT2D eigenvalue weighted by Gasteiger charge is -2.24. The molecule has 3 rings (SSSR count). The van der Waals surface area contributed by atoms with E-state index in [0.717, 1.165) is 29.8 Å². The Bertz CT molecular complexity index is 756. The second-order valence-corrected chi connectivity index (χ2v) is 5.60. The highest BCUT2D eigenvalue weighted by molar-refractivity contribution is 5.79. The van der Waals surface area contributed by atoms with Crippen molar-refractivity contribution in [1.82, 2.24) is 14.9 Å². The summed E-state index contributed by atoms with van der Waals surface area (Å²) in [4.78, 5) is 32.3. The third-order valence-corrected chi connectivity index (χ3v) is 4.12. The number of rotatable bonds is 4. The van der Waals surface area contributed by atoms with Gasteiger partial charge in [-0.25, -0.2) is 9.78 Å². The van der Waals surface area contributed by atoms with Crippen molar-refractivity contribution in [3.63, 3.8) is 0 Å². The average Bonchev–Trinajstić information content (AvgIpc) is 3.05. The number of amides is 1. The van der Waals surface area contributed by atoms with E-state index >= 15 is 0 Å². The summed E-state index contributed by atoms with van der Waals surface area (Å²) in [5.41, 5.74) is 1.29. The van der Waals surface area contributed by atoms with E-state index in [-0.39, 0.29) is 17.6 Å². The molecule has 0 radical (unpaired) electrons. The van der Waals surface area contributed by atoms with Crippen LogP contribution in [0.5, 0.6) is 5.75 Å². The van der Waals surface area contributed by atoms with Crippen molar-refractivity contribution in [2.75, 3.05) is 13.7 Å². The maximum atomic E-state index is 12.7. The van der Waals surface area contributed by atoms with Crippen molar-refractivity contribution in [3.05, 3.63) is 58.3 Å². The van der Waals surface area contributed by atoms with Crippen LogP contribution in [0, 0.1) is 0 Å². The molecule has 1 N–H and O–H groups in total.